The van der Waals surface area contributed by atoms with Crippen LogP contribution in [0.2, 0.25) is 0 Å². The van der Waals surface area contributed by atoms with Gasteiger partial charge in [0.25, 0.3) is 0 Å². The van der Waals surface area contributed by atoms with E-state index >= 15 is 0 Å². The topological polar surface area (TPSA) is 48.1 Å². The zero-order valence-corrected chi connectivity index (χ0v) is 11.7. The fraction of sp³-hybridized carbons (Fsp3) is 0.667. The van der Waals surface area contributed by atoms with Crippen LogP contribution in [-0.2, 0) is 17.9 Å². The van der Waals surface area contributed by atoms with Crippen molar-refractivity contribution in [2.75, 3.05) is 0 Å². The van der Waals surface area contributed by atoms with Gasteiger partial charge >= 0.3 is 0 Å². The predicted octanol–water partition coefficient (Wildman–Crippen LogP) is 3.42. The quantitative estimate of drug-likeness (QED) is 0.683. The van der Waals surface area contributed by atoms with Crippen LogP contribution in [-0.4, -0.2) is 11.1 Å². The molecule has 3 heteroatoms. The zero-order valence-electron chi connectivity index (χ0n) is 11.7. The Bertz CT molecular complexity index is 328. The Hall–Kier alpha value is -0.930. The molecule has 0 saturated carbocycles. The number of nitrogens with two attached hydrogens (primary N) is 1. The van der Waals surface area contributed by atoms with Gasteiger partial charge in [-0.25, -0.2) is 0 Å². The maximum atomic E-state index is 5.86. The molecule has 0 spiro atoms. The van der Waals surface area contributed by atoms with Gasteiger partial charge in [-0.05, 0) is 19.4 Å². The van der Waals surface area contributed by atoms with Gasteiger partial charge < -0.3 is 10.5 Å². The van der Waals surface area contributed by atoms with E-state index in [1.165, 1.54) is 25.7 Å². The lowest BCUT2D eigenvalue weighted by molar-refractivity contribution is 0.0453. The molecule has 1 aromatic heterocycles. The summed E-state index contributed by atoms with van der Waals surface area (Å²) in [7, 11) is 0. The molecular weight excluding hydrogens is 224 g/mol. The van der Waals surface area contributed by atoms with Gasteiger partial charge in [-0.15, -0.1) is 0 Å². The van der Waals surface area contributed by atoms with Crippen LogP contribution in [0.1, 0.15) is 57.2 Å². The Morgan fingerprint density at radius 1 is 1.33 bits per heavy atom. The SMILES string of the molecule is CCCCCCC(C)OCc1cccnc1CN. The molecule has 102 valence electrons. The molecule has 0 radical (unpaired) electrons. The van der Waals surface area contributed by atoms with Gasteiger partial charge in [0.2, 0.25) is 0 Å². The second kappa shape index (κ2) is 9.06. The number of pyridine rings is 1. The molecule has 0 saturated heterocycles. The van der Waals surface area contributed by atoms with E-state index in [4.69, 9.17) is 10.5 Å². The van der Waals surface area contributed by atoms with Crippen LogP contribution < -0.4 is 5.73 Å². The second-order valence-electron chi connectivity index (χ2n) is 4.78. The molecule has 3 nitrogen and oxygen atoms in total. The largest absolute Gasteiger partial charge is 0.374 e. The molecule has 1 rings (SSSR count). The molecular formula is C15H26N2O. The van der Waals surface area contributed by atoms with Crippen LogP contribution in [0.5, 0.6) is 0 Å². The molecule has 1 aromatic rings. The van der Waals surface area contributed by atoms with E-state index < -0.39 is 0 Å². The molecule has 0 bridgehead atoms. The first-order valence-electron chi connectivity index (χ1n) is 7.02. The average Bonchev–Trinajstić information content (AvgIpc) is 2.41. The van der Waals surface area contributed by atoms with Crippen LogP contribution in [0.4, 0.5) is 0 Å². The van der Waals surface area contributed by atoms with Crippen LogP contribution in [0, 0.1) is 0 Å². The molecule has 1 atom stereocenters. The van der Waals surface area contributed by atoms with Crippen LogP contribution >= 0.6 is 0 Å². The van der Waals surface area contributed by atoms with Crippen LogP contribution in [0.25, 0.3) is 0 Å². The number of unbranched alkanes of at least 4 members (excludes halogenated alkanes) is 3. The molecule has 1 unspecified atom stereocenters. The number of ether oxygens (including phenoxy) is 1. The molecule has 0 fully saturated rings. The average molecular weight is 250 g/mol. The van der Waals surface area contributed by atoms with Crippen molar-refractivity contribution in [2.45, 2.75) is 65.2 Å². The summed E-state index contributed by atoms with van der Waals surface area (Å²) in [4.78, 5) is 4.26. The van der Waals surface area contributed by atoms with Gasteiger partial charge in [-0.2, -0.15) is 0 Å². The molecule has 1 heterocycles. The van der Waals surface area contributed by atoms with Gasteiger partial charge in [0, 0.05) is 18.3 Å². The smallest absolute Gasteiger partial charge is 0.0738 e. The molecule has 2 N–H and O–H groups in total. The number of nitrogens with zero attached hydrogens (tertiary/aromatic N) is 1. The minimum Gasteiger partial charge on any atom is -0.374 e. The van der Waals surface area contributed by atoms with E-state index in [0.29, 0.717) is 19.3 Å². The van der Waals surface area contributed by atoms with Gasteiger partial charge in [0.05, 0.1) is 18.4 Å². The van der Waals surface area contributed by atoms with E-state index in [0.717, 1.165) is 17.7 Å². The normalized spacial score (nSPS) is 12.6. The van der Waals surface area contributed by atoms with Gasteiger partial charge in [-0.1, -0.05) is 38.7 Å². The summed E-state index contributed by atoms with van der Waals surface area (Å²) in [5.41, 5.74) is 7.70. The fourth-order valence-corrected chi connectivity index (χ4v) is 1.96. The van der Waals surface area contributed by atoms with E-state index in [-0.39, 0.29) is 0 Å². The predicted molar refractivity (Wildman–Crippen MR) is 75.1 cm³/mol. The summed E-state index contributed by atoms with van der Waals surface area (Å²) >= 11 is 0. The number of hydrogen-bond acceptors (Lipinski definition) is 3. The van der Waals surface area contributed by atoms with Crippen LogP contribution in [0.3, 0.4) is 0 Å². The molecule has 0 aliphatic rings. The Kier molecular flexibility index (Phi) is 7.62. The first-order chi connectivity index (χ1) is 8.77. The maximum absolute atomic E-state index is 5.86. The lowest BCUT2D eigenvalue weighted by Crippen LogP contribution is -2.11. The van der Waals surface area contributed by atoms with Crippen molar-refractivity contribution in [2.24, 2.45) is 5.73 Å². The minimum absolute atomic E-state index is 0.313. The maximum Gasteiger partial charge on any atom is 0.0738 e. The highest BCUT2D eigenvalue weighted by Crippen LogP contribution is 2.12. The van der Waals surface area contributed by atoms with Gasteiger partial charge in [0.15, 0.2) is 0 Å². The first kappa shape index (κ1) is 15.1. The van der Waals surface area contributed by atoms with Gasteiger partial charge in [0.1, 0.15) is 0 Å². The van der Waals surface area contributed by atoms with Crippen molar-refractivity contribution >= 4 is 0 Å². The van der Waals surface area contributed by atoms with Crippen molar-refractivity contribution in [1.82, 2.24) is 4.98 Å². The number of aromatic nitrogens is 1. The molecule has 0 aliphatic carbocycles. The summed E-state index contributed by atoms with van der Waals surface area (Å²) in [5.74, 6) is 0. The highest BCUT2D eigenvalue weighted by atomic mass is 16.5. The summed E-state index contributed by atoms with van der Waals surface area (Å²) in [6.45, 7) is 5.47. The highest BCUT2D eigenvalue weighted by molar-refractivity contribution is 5.18. The Labute approximate surface area is 111 Å². The molecule has 0 amide bonds. The van der Waals surface area contributed by atoms with Crippen molar-refractivity contribution in [3.05, 3.63) is 29.6 Å². The summed E-state index contributed by atoms with van der Waals surface area (Å²) in [6, 6.07) is 3.97. The summed E-state index contributed by atoms with van der Waals surface area (Å²) in [5, 5.41) is 0. The van der Waals surface area contributed by atoms with E-state index in [2.05, 4.69) is 18.8 Å². The third kappa shape index (κ3) is 5.61. The molecule has 0 aromatic carbocycles. The Morgan fingerprint density at radius 3 is 2.89 bits per heavy atom. The Balaban J connectivity index is 2.26. The van der Waals surface area contributed by atoms with Crippen molar-refractivity contribution in [3.63, 3.8) is 0 Å². The molecule has 0 aliphatic heterocycles. The van der Waals surface area contributed by atoms with E-state index in [1.807, 2.05) is 12.1 Å². The highest BCUT2D eigenvalue weighted by Gasteiger charge is 2.05. The van der Waals surface area contributed by atoms with Crippen molar-refractivity contribution in [3.8, 4) is 0 Å². The van der Waals surface area contributed by atoms with E-state index in [1.54, 1.807) is 6.20 Å². The monoisotopic (exact) mass is 250 g/mol. The van der Waals surface area contributed by atoms with Gasteiger partial charge in [-0.3, -0.25) is 4.98 Å². The first-order valence-corrected chi connectivity index (χ1v) is 7.02. The lowest BCUT2D eigenvalue weighted by Gasteiger charge is -2.14. The Morgan fingerprint density at radius 2 is 2.17 bits per heavy atom. The second-order valence-corrected chi connectivity index (χ2v) is 4.78. The van der Waals surface area contributed by atoms with Crippen LogP contribution in [0.15, 0.2) is 18.3 Å². The lowest BCUT2D eigenvalue weighted by atomic mass is 10.1. The van der Waals surface area contributed by atoms with Crippen molar-refractivity contribution in [1.29, 1.82) is 0 Å². The fourth-order valence-electron chi connectivity index (χ4n) is 1.96. The van der Waals surface area contributed by atoms with Crippen molar-refractivity contribution < 1.29 is 4.74 Å². The minimum atomic E-state index is 0.313. The third-order valence-electron chi connectivity index (χ3n) is 3.17. The number of hydrogen-bond donors (Lipinski definition) is 1. The summed E-state index contributed by atoms with van der Waals surface area (Å²) < 4.78 is 5.86. The van der Waals surface area contributed by atoms with E-state index in [9.17, 15) is 0 Å². The standard InChI is InChI=1S/C15H26N2O/c1-3-4-5-6-8-13(2)18-12-14-9-7-10-17-15(14)11-16/h7,9-10,13H,3-6,8,11-12,16H2,1-2H3. The number of rotatable bonds is 9. The summed E-state index contributed by atoms with van der Waals surface area (Å²) in [6.07, 6.45) is 8.40. The zero-order chi connectivity index (χ0) is 13.2. The molecule has 18 heavy (non-hydrogen) atoms. The third-order valence-corrected chi connectivity index (χ3v) is 3.17.